The maximum Gasteiger partial charge on any atom is 0.358 e. The van der Waals surface area contributed by atoms with Crippen molar-refractivity contribution in [2.45, 2.75) is 19.8 Å². The molecule has 23 heavy (non-hydrogen) atoms. The Morgan fingerprint density at radius 2 is 1.70 bits per heavy atom. The van der Waals surface area contributed by atoms with Crippen molar-refractivity contribution < 1.29 is 9.90 Å². The van der Waals surface area contributed by atoms with Crippen molar-refractivity contribution in [2.24, 2.45) is 0 Å². The molecular weight excluding hydrogens is 290 g/mol. The third kappa shape index (κ3) is 2.85. The molecule has 0 bridgehead atoms. The molecule has 0 saturated heterocycles. The molecule has 0 fully saturated rings. The van der Waals surface area contributed by atoms with E-state index in [0.29, 0.717) is 11.6 Å². The van der Waals surface area contributed by atoms with E-state index < -0.39 is 5.97 Å². The van der Waals surface area contributed by atoms with Gasteiger partial charge in [0.15, 0.2) is 5.69 Å². The number of nitrogens with zero attached hydrogens (tertiary/aromatic N) is 3. The predicted octanol–water partition coefficient (Wildman–Crippen LogP) is 3.76. The van der Waals surface area contributed by atoms with Gasteiger partial charge in [0.25, 0.3) is 0 Å². The van der Waals surface area contributed by atoms with Crippen molar-refractivity contribution in [3.63, 3.8) is 0 Å². The number of hydrogen-bond donors (Lipinski definition) is 1. The second kappa shape index (κ2) is 6.04. The lowest BCUT2D eigenvalue weighted by Crippen LogP contribution is -2.03. The Hall–Kier alpha value is -2.95. The molecule has 0 atom stereocenters. The summed E-state index contributed by atoms with van der Waals surface area (Å²) in [5, 5.41) is 17.3. The lowest BCUT2D eigenvalue weighted by molar-refractivity contribution is 0.0691. The van der Waals surface area contributed by atoms with Crippen LogP contribution in [0.3, 0.4) is 0 Å². The Morgan fingerprint density at radius 3 is 2.26 bits per heavy atom. The lowest BCUT2D eigenvalue weighted by Gasteiger charge is -2.09. The molecule has 0 spiro atoms. The molecule has 0 aliphatic heterocycles. The number of carbonyl (C=O) groups is 1. The Bertz CT molecular complexity index is 821. The van der Waals surface area contributed by atoms with Gasteiger partial charge in [-0.25, -0.2) is 9.48 Å². The second-order valence-corrected chi connectivity index (χ2v) is 5.62. The minimum Gasteiger partial charge on any atom is -0.476 e. The fourth-order valence-corrected chi connectivity index (χ4v) is 2.46. The molecule has 1 aromatic heterocycles. The number of rotatable bonds is 4. The standard InChI is InChI=1S/C18H17N3O2/c1-12(2)13-8-10-15(11-9-13)21-17(14-6-4-3-5-7-14)16(18(22)23)19-20-21/h3-12H,1-2H3,(H,22,23). The minimum absolute atomic E-state index is 0.0517. The van der Waals surface area contributed by atoms with Gasteiger partial charge in [-0.05, 0) is 23.6 Å². The first-order valence-corrected chi connectivity index (χ1v) is 7.42. The number of carboxylic acids is 1. The molecule has 5 nitrogen and oxygen atoms in total. The van der Waals surface area contributed by atoms with E-state index in [1.54, 1.807) is 4.68 Å². The maximum atomic E-state index is 11.5. The number of aromatic nitrogens is 3. The van der Waals surface area contributed by atoms with Crippen LogP contribution in [0.15, 0.2) is 54.6 Å². The molecule has 0 aliphatic carbocycles. The minimum atomic E-state index is -1.09. The Balaban J connectivity index is 2.15. The van der Waals surface area contributed by atoms with Crippen LogP contribution in [-0.2, 0) is 0 Å². The van der Waals surface area contributed by atoms with Crippen LogP contribution in [0.2, 0.25) is 0 Å². The Labute approximate surface area is 134 Å². The fourth-order valence-electron chi connectivity index (χ4n) is 2.46. The van der Waals surface area contributed by atoms with Crippen LogP contribution in [0.1, 0.15) is 35.8 Å². The molecule has 1 N–H and O–H groups in total. The second-order valence-electron chi connectivity index (χ2n) is 5.62. The highest BCUT2D eigenvalue weighted by molar-refractivity contribution is 5.93. The van der Waals surface area contributed by atoms with Crippen molar-refractivity contribution in [3.05, 3.63) is 65.9 Å². The van der Waals surface area contributed by atoms with E-state index >= 15 is 0 Å². The predicted molar refractivity (Wildman–Crippen MR) is 87.8 cm³/mol. The highest BCUT2D eigenvalue weighted by atomic mass is 16.4. The first kappa shape index (κ1) is 15.0. The zero-order valence-electron chi connectivity index (χ0n) is 13.0. The van der Waals surface area contributed by atoms with Crippen molar-refractivity contribution in [1.82, 2.24) is 15.0 Å². The molecule has 5 heteroatoms. The maximum absolute atomic E-state index is 11.5. The van der Waals surface area contributed by atoms with E-state index in [4.69, 9.17) is 0 Å². The van der Waals surface area contributed by atoms with Gasteiger partial charge in [-0.1, -0.05) is 61.5 Å². The molecule has 116 valence electrons. The summed E-state index contributed by atoms with van der Waals surface area (Å²) in [7, 11) is 0. The smallest absolute Gasteiger partial charge is 0.358 e. The molecular formula is C18H17N3O2. The summed E-state index contributed by atoms with van der Waals surface area (Å²) in [6, 6.07) is 17.2. The highest BCUT2D eigenvalue weighted by Crippen LogP contribution is 2.26. The molecule has 0 amide bonds. The van der Waals surface area contributed by atoms with E-state index in [1.807, 2.05) is 54.6 Å². The number of benzene rings is 2. The van der Waals surface area contributed by atoms with Gasteiger partial charge >= 0.3 is 5.97 Å². The topological polar surface area (TPSA) is 68.0 Å². The van der Waals surface area contributed by atoms with Gasteiger partial charge in [-0.3, -0.25) is 0 Å². The first-order chi connectivity index (χ1) is 11.1. The van der Waals surface area contributed by atoms with Gasteiger partial charge in [-0.2, -0.15) is 0 Å². The van der Waals surface area contributed by atoms with E-state index in [-0.39, 0.29) is 5.69 Å². The van der Waals surface area contributed by atoms with E-state index in [0.717, 1.165) is 11.3 Å². The molecule has 2 aromatic carbocycles. The van der Waals surface area contributed by atoms with Crippen LogP contribution in [0.25, 0.3) is 16.9 Å². The monoisotopic (exact) mass is 307 g/mol. The summed E-state index contributed by atoms with van der Waals surface area (Å²) < 4.78 is 1.57. The molecule has 0 unspecified atom stereocenters. The van der Waals surface area contributed by atoms with E-state index in [1.165, 1.54) is 5.56 Å². The summed E-state index contributed by atoms with van der Waals surface area (Å²) in [5.41, 5.74) is 3.20. The summed E-state index contributed by atoms with van der Waals surface area (Å²) in [6.45, 7) is 4.25. The third-order valence-electron chi connectivity index (χ3n) is 3.72. The van der Waals surface area contributed by atoms with Crippen LogP contribution in [0, 0.1) is 0 Å². The molecule has 3 aromatic rings. The summed E-state index contributed by atoms with van der Waals surface area (Å²) in [4.78, 5) is 11.5. The summed E-state index contributed by atoms with van der Waals surface area (Å²) in [6.07, 6.45) is 0. The zero-order valence-corrected chi connectivity index (χ0v) is 13.0. The summed E-state index contributed by atoms with van der Waals surface area (Å²) >= 11 is 0. The summed E-state index contributed by atoms with van der Waals surface area (Å²) in [5.74, 6) is -0.656. The lowest BCUT2D eigenvalue weighted by atomic mass is 10.0. The average molecular weight is 307 g/mol. The normalized spacial score (nSPS) is 10.9. The average Bonchev–Trinajstić information content (AvgIpc) is 3.01. The fraction of sp³-hybridized carbons (Fsp3) is 0.167. The quantitative estimate of drug-likeness (QED) is 0.797. The van der Waals surface area contributed by atoms with Crippen LogP contribution in [0.4, 0.5) is 0 Å². The highest BCUT2D eigenvalue weighted by Gasteiger charge is 2.21. The Kier molecular flexibility index (Phi) is 3.93. The Morgan fingerprint density at radius 1 is 1.04 bits per heavy atom. The van der Waals surface area contributed by atoms with Gasteiger partial charge < -0.3 is 5.11 Å². The molecule has 3 rings (SSSR count). The van der Waals surface area contributed by atoms with E-state index in [2.05, 4.69) is 24.2 Å². The van der Waals surface area contributed by atoms with Crippen LogP contribution in [0.5, 0.6) is 0 Å². The molecule has 0 aliphatic rings. The van der Waals surface area contributed by atoms with Crippen molar-refractivity contribution in [3.8, 4) is 16.9 Å². The van der Waals surface area contributed by atoms with Crippen LogP contribution < -0.4 is 0 Å². The number of hydrogen-bond acceptors (Lipinski definition) is 3. The van der Waals surface area contributed by atoms with Crippen molar-refractivity contribution in [1.29, 1.82) is 0 Å². The first-order valence-electron chi connectivity index (χ1n) is 7.42. The van der Waals surface area contributed by atoms with Gasteiger partial charge in [0.1, 0.15) is 5.69 Å². The van der Waals surface area contributed by atoms with Gasteiger partial charge in [0.2, 0.25) is 0 Å². The molecule has 0 radical (unpaired) electrons. The third-order valence-corrected chi connectivity index (χ3v) is 3.72. The molecule has 0 saturated carbocycles. The number of carboxylic acid groups (broad SMARTS) is 1. The van der Waals surface area contributed by atoms with Crippen LogP contribution >= 0.6 is 0 Å². The van der Waals surface area contributed by atoms with Crippen LogP contribution in [-0.4, -0.2) is 26.1 Å². The van der Waals surface area contributed by atoms with Crippen molar-refractivity contribution >= 4 is 5.97 Å². The zero-order chi connectivity index (χ0) is 16.4. The SMILES string of the molecule is CC(C)c1ccc(-n2nnc(C(=O)O)c2-c2ccccc2)cc1. The van der Waals surface area contributed by atoms with E-state index in [9.17, 15) is 9.90 Å². The largest absolute Gasteiger partial charge is 0.476 e. The van der Waals surface area contributed by atoms with Gasteiger partial charge in [-0.15, -0.1) is 5.10 Å². The number of aromatic carboxylic acids is 1. The molecule has 1 heterocycles. The van der Waals surface area contributed by atoms with Gasteiger partial charge in [0.05, 0.1) is 5.69 Å². The van der Waals surface area contributed by atoms with Gasteiger partial charge in [0, 0.05) is 5.56 Å². The van der Waals surface area contributed by atoms with Crippen molar-refractivity contribution in [2.75, 3.05) is 0 Å².